The highest BCUT2D eigenvalue weighted by molar-refractivity contribution is 6.28. The summed E-state index contributed by atoms with van der Waals surface area (Å²) in [6.07, 6.45) is -4.60. The maximum absolute atomic E-state index is 12.8. The van der Waals surface area contributed by atoms with E-state index in [0.29, 0.717) is 0 Å². The Labute approximate surface area is 123 Å². The van der Waals surface area contributed by atoms with Gasteiger partial charge in [0.25, 0.3) is 0 Å². The van der Waals surface area contributed by atoms with E-state index < -0.39 is 17.2 Å². The summed E-state index contributed by atoms with van der Waals surface area (Å²) in [6, 6.07) is 6.45. The van der Waals surface area contributed by atoms with Crippen molar-refractivity contribution in [2.24, 2.45) is 0 Å². The summed E-state index contributed by atoms with van der Waals surface area (Å²) in [5.41, 5.74) is -0.384. The smallest absolute Gasteiger partial charge is 0.355 e. The molecule has 0 unspecified atom stereocenters. The fraction of sp³-hybridized carbons (Fsp3) is 0.231. The molecule has 0 saturated heterocycles. The summed E-state index contributed by atoms with van der Waals surface area (Å²) in [5, 5.41) is -0.481. The van der Waals surface area contributed by atoms with Crippen LogP contribution in [-0.4, -0.2) is 17.0 Å². The third-order valence-corrected chi connectivity index (χ3v) is 2.87. The van der Waals surface area contributed by atoms with Gasteiger partial charge < -0.3 is 4.90 Å². The van der Waals surface area contributed by atoms with Crippen molar-refractivity contribution in [2.45, 2.75) is 12.7 Å². The van der Waals surface area contributed by atoms with Crippen LogP contribution in [0.3, 0.4) is 0 Å². The molecule has 0 amide bonds. The largest absolute Gasteiger partial charge is 0.433 e. The number of anilines is 1. The summed E-state index contributed by atoms with van der Waals surface area (Å²) in [7, 11) is 1.56. The second kappa shape index (κ2) is 5.85. The standard InChI is InChI=1S/C13H10ClF4N3/c1-21(7-8-2-4-9(15)5-3-8)11-6-10(13(16,17)18)19-12(14)20-11/h2-6H,7H2,1H3. The van der Waals surface area contributed by atoms with Gasteiger partial charge in [-0.15, -0.1) is 0 Å². The molecule has 2 aromatic rings. The molecule has 112 valence electrons. The van der Waals surface area contributed by atoms with Gasteiger partial charge in [-0.05, 0) is 29.3 Å². The van der Waals surface area contributed by atoms with Crippen LogP contribution in [0.2, 0.25) is 5.28 Å². The summed E-state index contributed by atoms with van der Waals surface area (Å²) in [6.45, 7) is 0.255. The number of hydrogen-bond acceptors (Lipinski definition) is 3. The van der Waals surface area contributed by atoms with Gasteiger partial charge in [0.1, 0.15) is 11.6 Å². The van der Waals surface area contributed by atoms with Crippen molar-refractivity contribution in [2.75, 3.05) is 11.9 Å². The van der Waals surface area contributed by atoms with Crippen LogP contribution in [0.5, 0.6) is 0 Å². The minimum atomic E-state index is -4.60. The molecule has 0 bridgehead atoms. The molecule has 0 saturated carbocycles. The Hall–Kier alpha value is -1.89. The Bertz CT molecular complexity index is 628. The van der Waals surface area contributed by atoms with E-state index in [9.17, 15) is 17.6 Å². The Morgan fingerprint density at radius 1 is 1.14 bits per heavy atom. The van der Waals surface area contributed by atoms with Crippen molar-refractivity contribution in [1.29, 1.82) is 0 Å². The Kier molecular flexibility index (Phi) is 4.32. The van der Waals surface area contributed by atoms with Gasteiger partial charge in [-0.25, -0.2) is 14.4 Å². The molecular weight excluding hydrogens is 310 g/mol. The number of rotatable bonds is 3. The number of halogens is 5. The highest BCUT2D eigenvalue weighted by atomic mass is 35.5. The zero-order valence-corrected chi connectivity index (χ0v) is 11.6. The molecule has 1 aromatic heterocycles. The summed E-state index contributed by atoms with van der Waals surface area (Å²) in [5.74, 6) is -0.350. The predicted molar refractivity (Wildman–Crippen MR) is 70.6 cm³/mol. The second-order valence-electron chi connectivity index (χ2n) is 4.36. The molecule has 0 atom stereocenters. The number of alkyl halides is 3. The lowest BCUT2D eigenvalue weighted by Gasteiger charge is -2.19. The summed E-state index contributed by atoms with van der Waals surface area (Å²) >= 11 is 5.53. The van der Waals surface area contributed by atoms with E-state index in [1.54, 1.807) is 19.2 Å². The lowest BCUT2D eigenvalue weighted by atomic mass is 10.2. The summed E-state index contributed by atoms with van der Waals surface area (Å²) in [4.78, 5) is 8.39. The average molecular weight is 320 g/mol. The first-order valence-corrected chi connectivity index (χ1v) is 6.21. The third-order valence-electron chi connectivity index (χ3n) is 2.70. The molecule has 0 fully saturated rings. The van der Waals surface area contributed by atoms with E-state index in [-0.39, 0.29) is 18.2 Å². The van der Waals surface area contributed by atoms with E-state index in [1.807, 2.05) is 0 Å². The highest BCUT2D eigenvalue weighted by Gasteiger charge is 2.33. The van der Waals surface area contributed by atoms with Crippen LogP contribution < -0.4 is 4.90 Å². The minimum Gasteiger partial charge on any atom is -0.355 e. The average Bonchev–Trinajstić information content (AvgIpc) is 2.39. The van der Waals surface area contributed by atoms with Crippen molar-refractivity contribution in [3.05, 3.63) is 52.7 Å². The molecular formula is C13H10ClF4N3. The maximum atomic E-state index is 12.8. The normalized spacial score (nSPS) is 11.5. The van der Waals surface area contributed by atoms with Gasteiger partial charge in [-0.2, -0.15) is 13.2 Å². The fourth-order valence-electron chi connectivity index (χ4n) is 1.69. The van der Waals surface area contributed by atoms with E-state index >= 15 is 0 Å². The van der Waals surface area contributed by atoms with E-state index in [1.165, 1.54) is 17.0 Å². The molecule has 21 heavy (non-hydrogen) atoms. The van der Waals surface area contributed by atoms with E-state index in [4.69, 9.17) is 11.6 Å². The Morgan fingerprint density at radius 2 is 1.76 bits per heavy atom. The van der Waals surface area contributed by atoms with Crippen molar-refractivity contribution in [1.82, 2.24) is 9.97 Å². The number of hydrogen-bond donors (Lipinski definition) is 0. The van der Waals surface area contributed by atoms with Crippen LogP contribution >= 0.6 is 11.6 Å². The first-order valence-electron chi connectivity index (χ1n) is 5.83. The molecule has 0 aliphatic rings. The summed E-state index contributed by atoms with van der Waals surface area (Å²) < 4.78 is 50.8. The Morgan fingerprint density at radius 3 is 2.33 bits per heavy atom. The third kappa shape index (κ3) is 4.04. The fourth-order valence-corrected chi connectivity index (χ4v) is 1.87. The van der Waals surface area contributed by atoms with Gasteiger partial charge in [-0.3, -0.25) is 0 Å². The van der Waals surface area contributed by atoms with Crippen molar-refractivity contribution < 1.29 is 17.6 Å². The molecule has 0 N–H and O–H groups in total. The van der Waals surface area contributed by atoms with Crippen molar-refractivity contribution in [3.8, 4) is 0 Å². The van der Waals surface area contributed by atoms with Gasteiger partial charge in [0.05, 0.1) is 0 Å². The molecule has 0 spiro atoms. The lowest BCUT2D eigenvalue weighted by molar-refractivity contribution is -0.141. The number of benzene rings is 1. The molecule has 0 radical (unpaired) electrons. The van der Waals surface area contributed by atoms with E-state index in [2.05, 4.69) is 9.97 Å². The number of nitrogens with zero attached hydrogens (tertiary/aromatic N) is 3. The first-order chi connectivity index (χ1) is 9.75. The topological polar surface area (TPSA) is 29.0 Å². The van der Waals surface area contributed by atoms with Gasteiger partial charge in [-0.1, -0.05) is 12.1 Å². The number of aromatic nitrogens is 2. The predicted octanol–water partition coefficient (Wildman–Crippen LogP) is 3.92. The van der Waals surface area contributed by atoms with Gasteiger partial charge in [0.15, 0.2) is 5.69 Å². The molecule has 2 rings (SSSR count). The maximum Gasteiger partial charge on any atom is 0.433 e. The van der Waals surface area contributed by atoms with Crippen molar-refractivity contribution in [3.63, 3.8) is 0 Å². The monoisotopic (exact) mass is 319 g/mol. The van der Waals surface area contributed by atoms with E-state index in [0.717, 1.165) is 11.6 Å². The van der Waals surface area contributed by atoms with Crippen LogP contribution in [0, 0.1) is 5.82 Å². The van der Waals surface area contributed by atoms with Gasteiger partial charge >= 0.3 is 6.18 Å². The highest BCUT2D eigenvalue weighted by Crippen LogP contribution is 2.30. The zero-order chi connectivity index (χ0) is 15.6. The van der Waals surface area contributed by atoms with Crippen LogP contribution in [-0.2, 0) is 12.7 Å². The molecule has 0 aliphatic carbocycles. The second-order valence-corrected chi connectivity index (χ2v) is 4.70. The first kappa shape index (κ1) is 15.5. The molecule has 1 heterocycles. The Balaban J connectivity index is 2.24. The van der Waals surface area contributed by atoms with Crippen LogP contribution in [0.15, 0.2) is 30.3 Å². The zero-order valence-electron chi connectivity index (χ0n) is 10.8. The lowest BCUT2D eigenvalue weighted by Crippen LogP contribution is -2.19. The molecule has 0 aliphatic heterocycles. The molecule has 3 nitrogen and oxygen atoms in total. The minimum absolute atomic E-state index is 0.0339. The quantitative estimate of drug-likeness (QED) is 0.634. The molecule has 8 heteroatoms. The van der Waals surface area contributed by atoms with Gasteiger partial charge in [0, 0.05) is 19.7 Å². The van der Waals surface area contributed by atoms with Crippen LogP contribution in [0.1, 0.15) is 11.3 Å². The van der Waals surface area contributed by atoms with Crippen LogP contribution in [0.25, 0.3) is 0 Å². The van der Waals surface area contributed by atoms with Crippen molar-refractivity contribution >= 4 is 17.4 Å². The van der Waals surface area contributed by atoms with Crippen LogP contribution in [0.4, 0.5) is 23.4 Å². The SMILES string of the molecule is CN(Cc1ccc(F)cc1)c1cc(C(F)(F)F)nc(Cl)n1. The molecule has 1 aromatic carbocycles. The van der Waals surface area contributed by atoms with Gasteiger partial charge in [0.2, 0.25) is 5.28 Å².